The Kier molecular flexibility index (Phi) is 4.03. The summed E-state index contributed by atoms with van der Waals surface area (Å²) >= 11 is 0. The molecule has 0 aromatic heterocycles. The van der Waals surface area contributed by atoms with E-state index in [1.165, 1.54) is 0 Å². The van der Waals surface area contributed by atoms with Crippen LogP contribution < -0.4 is 0 Å². The Labute approximate surface area is 130 Å². The second-order valence-electron chi connectivity index (χ2n) is 5.53. The van der Waals surface area contributed by atoms with Crippen LogP contribution >= 0.6 is 0 Å². The quantitative estimate of drug-likeness (QED) is 0.723. The van der Waals surface area contributed by atoms with Gasteiger partial charge in [0.05, 0.1) is 6.10 Å². The van der Waals surface area contributed by atoms with Gasteiger partial charge in [-0.1, -0.05) is 79.7 Å². The number of carbonyl (C=O) groups is 1. The van der Waals surface area contributed by atoms with Crippen molar-refractivity contribution in [2.75, 3.05) is 0 Å². The summed E-state index contributed by atoms with van der Waals surface area (Å²) in [7, 11) is 0. The van der Waals surface area contributed by atoms with Crippen LogP contribution in [-0.2, 0) is 0 Å². The molecule has 0 fully saturated rings. The van der Waals surface area contributed by atoms with E-state index in [0.717, 1.165) is 16.3 Å². The van der Waals surface area contributed by atoms with Crippen molar-refractivity contribution in [2.24, 2.45) is 5.92 Å². The maximum atomic E-state index is 12.5. The molecular formula is C20H18O2. The van der Waals surface area contributed by atoms with E-state index in [1.54, 1.807) is 19.1 Å². The van der Waals surface area contributed by atoms with Gasteiger partial charge in [-0.15, -0.1) is 0 Å². The lowest BCUT2D eigenvalue weighted by atomic mass is 9.88. The minimum Gasteiger partial charge on any atom is -0.388 e. The maximum absolute atomic E-state index is 12.5. The van der Waals surface area contributed by atoms with Crippen molar-refractivity contribution in [3.05, 3.63) is 83.9 Å². The molecule has 2 atom stereocenters. The molecule has 2 heteroatoms. The van der Waals surface area contributed by atoms with E-state index in [2.05, 4.69) is 0 Å². The molecule has 3 aromatic carbocycles. The van der Waals surface area contributed by atoms with Gasteiger partial charge < -0.3 is 5.11 Å². The SMILES string of the molecule is C[C@H](C(=O)c1ccccc1)[C@H](O)c1cccc2ccccc12. The van der Waals surface area contributed by atoms with E-state index in [9.17, 15) is 9.90 Å². The zero-order chi connectivity index (χ0) is 15.5. The van der Waals surface area contributed by atoms with E-state index in [1.807, 2.05) is 60.7 Å². The normalized spacial score (nSPS) is 13.7. The first-order valence-corrected chi connectivity index (χ1v) is 7.43. The fourth-order valence-corrected chi connectivity index (χ4v) is 2.79. The molecule has 0 radical (unpaired) electrons. The van der Waals surface area contributed by atoms with Gasteiger partial charge in [0.15, 0.2) is 5.78 Å². The number of aliphatic hydroxyl groups is 1. The highest BCUT2D eigenvalue weighted by molar-refractivity contribution is 5.98. The molecule has 0 aliphatic rings. The van der Waals surface area contributed by atoms with Crippen LogP contribution in [0.2, 0.25) is 0 Å². The lowest BCUT2D eigenvalue weighted by Crippen LogP contribution is -2.19. The molecule has 0 saturated heterocycles. The Morgan fingerprint density at radius 3 is 2.27 bits per heavy atom. The van der Waals surface area contributed by atoms with E-state index < -0.39 is 12.0 Å². The fourth-order valence-electron chi connectivity index (χ4n) is 2.79. The number of rotatable bonds is 4. The third-order valence-corrected chi connectivity index (χ3v) is 4.09. The van der Waals surface area contributed by atoms with E-state index >= 15 is 0 Å². The van der Waals surface area contributed by atoms with Crippen LogP contribution in [0.5, 0.6) is 0 Å². The molecular weight excluding hydrogens is 272 g/mol. The number of carbonyl (C=O) groups excluding carboxylic acids is 1. The Hall–Kier alpha value is -2.45. The van der Waals surface area contributed by atoms with Crippen LogP contribution in [0.1, 0.15) is 28.9 Å². The number of fused-ring (bicyclic) bond motifs is 1. The molecule has 1 N–H and O–H groups in total. The highest BCUT2D eigenvalue weighted by atomic mass is 16.3. The topological polar surface area (TPSA) is 37.3 Å². The van der Waals surface area contributed by atoms with Crippen LogP contribution in [0.15, 0.2) is 72.8 Å². The molecule has 0 aliphatic carbocycles. The number of Topliss-reactive ketones (excluding diaryl/α,β-unsaturated/α-hetero) is 1. The van der Waals surface area contributed by atoms with Crippen molar-refractivity contribution in [1.29, 1.82) is 0 Å². The van der Waals surface area contributed by atoms with Gasteiger partial charge in [0.1, 0.15) is 0 Å². The average Bonchev–Trinajstić information content (AvgIpc) is 2.60. The average molecular weight is 290 g/mol. The summed E-state index contributed by atoms with van der Waals surface area (Å²) in [6, 6.07) is 22.8. The van der Waals surface area contributed by atoms with E-state index in [-0.39, 0.29) is 5.78 Å². The first-order valence-electron chi connectivity index (χ1n) is 7.43. The van der Waals surface area contributed by atoms with Crippen molar-refractivity contribution in [1.82, 2.24) is 0 Å². The molecule has 0 aliphatic heterocycles. The third kappa shape index (κ3) is 2.66. The van der Waals surface area contributed by atoms with Crippen LogP contribution in [0.25, 0.3) is 10.8 Å². The summed E-state index contributed by atoms with van der Waals surface area (Å²) in [6.07, 6.45) is -0.821. The smallest absolute Gasteiger partial charge is 0.168 e. The highest BCUT2D eigenvalue weighted by Gasteiger charge is 2.25. The van der Waals surface area contributed by atoms with Crippen molar-refractivity contribution >= 4 is 16.6 Å². The fraction of sp³-hybridized carbons (Fsp3) is 0.150. The summed E-state index contributed by atoms with van der Waals surface area (Å²) in [5.74, 6) is -0.533. The number of benzene rings is 3. The van der Waals surface area contributed by atoms with Crippen molar-refractivity contribution in [3.63, 3.8) is 0 Å². The molecule has 0 saturated carbocycles. The maximum Gasteiger partial charge on any atom is 0.168 e. The van der Waals surface area contributed by atoms with Crippen molar-refractivity contribution in [3.8, 4) is 0 Å². The first-order chi connectivity index (χ1) is 10.7. The third-order valence-electron chi connectivity index (χ3n) is 4.09. The zero-order valence-corrected chi connectivity index (χ0v) is 12.4. The number of hydrogen-bond donors (Lipinski definition) is 1. The number of aliphatic hydroxyl groups excluding tert-OH is 1. The van der Waals surface area contributed by atoms with Gasteiger partial charge in [0, 0.05) is 11.5 Å². The van der Waals surface area contributed by atoms with Gasteiger partial charge in [-0.05, 0) is 16.3 Å². The van der Waals surface area contributed by atoms with Crippen LogP contribution in [0, 0.1) is 5.92 Å². The predicted molar refractivity (Wildman–Crippen MR) is 88.8 cm³/mol. The summed E-state index contributed by atoms with van der Waals surface area (Å²) in [4.78, 5) is 12.5. The van der Waals surface area contributed by atoms with Crippen LogP contribution in [-0.4, -0.2) is 10.9 Å². The second-order valence-corrected chi connectivity index (χ2v) is 5.53. The molecule has 2 nitrogen and oxygen atoms in total. The predicted octanol–water partition coefficient (Wildman–Crippen LogP) is 4.39. The lowest BCUT2D eigenvalue weighted by Gasteiger charge is -2.20. The Balaban J connectivity index is 1.95. The van der Waals surface area contributed by atoms with Gasteiger partial charge in [-0.25, -0.2) is 0 Å². The largest absolute Gasteiger partial charge is 0.388 e. The molecule has 3 aromatic rings. The molecule has 0 amide bonds. The van der Waals surface area contributed by atoms with Gasteiger partial charge in [0.2, 0.25) is 0 Å². The minimum absolute atomic E-state index is 0.0407. The van der Waals surface area contributed by atoms with E-state index in [4.69, 9.17) is 0 Å². The summed E-state index contributed by atoms with van der Waals surface area (Å²) in [6.45, 7) is 1.78. The zero-order valence-electron chi connectivity index (χ0n) is 12.4. The van der Waals surface area contributed by atoms with Gasteiger partial charge in [-0.3, -0.25) is 4.79 Å². The first kappa shape index (κ1) is 14.5. The molecule has 0 unspecified atom stereocenters. The molecule has 22 heavy (non-hydrogen) atoms. The molecule has 0 spiro atoms. The molecule has 0 bridgehead atoms. The minimum atomic E-state index is -0.821. The lowest BCUT2D eigenvalue weighted by molar-refractivity contribution is 0.0717. The Bertz CT molecular complexity index is 788. The van der Waals surface area contributed by atoms with Gasteiger partial charge >= 0.3 is 0 Å². The van der Waals surface area contributed by atoms with E-state index in [0.29, 0.717) is 5.56 Å². The summed E-state index contributed by atoms with van der Waals surface area (Å²) in [5, 5.41) is 12.8. The van der Waals surface area contributed by atoms with Crippen molar-refractivity contribution in [2.45, 2.75) is 13.0 Å². The van der Waals surface area contributed by atoms with Crippen molar-refractivity contribution < 1.29 is 9.90 Å². The Morgan fingerprint density at radius 1 is 0.864 bits per heavy atom. The number of ketones is 1. The van der Waals surface area contributed by atoms with Gasteiger partial charge in [0.25, 0.3) is 0 Å². The van der Waals surface area contributed by atoms with Gasteiger partial charge in [-0.2, -0.15) is 0 Å². The molecule has 3 rings (SSSR count). The summed E-state index contributed by atoms with van der Waals surface area (Å²) in [5.41, 5.74) is 1.43. The second kappa shape index (κ2) is 6.12. The molecule has 110 valence electrons. The summed E-state index contributed by atoms with van der Waals surface area (Å²) < 4.78 is 0. The Morgan fingerprint density at radius 2 is 1.50 bits per heavy atom. The standard InChI is InChI=1S/C20H18O2/c1-14(19(21)16-9-3-2-4-10-16)20(22)18-13-7-11-15-8-5-6-12-17(15)18/h2-14,20,22H,1H3/t14-,20+/m1/s1. The number of hydrogen-bond acceptors (Lipinski definition) is 2. The van der Waals surface area contributed by atoms with Crippen LogP contribution in [0.4, 0.5) is 0 Å². The monoisotopic (exact) mass is 290 g/mol. The highest BCUT2D eigenvalue weighted by Crippen LogP contribution is 2.30. The molecule has 0 heterocycles. The van der Waals surface area contributed by atoms with Crippen LogP contribution in [0.3, 0.4) is 0 Å².